The van der Waals surface area contributed by atoms with Crippen molar-refractivity contribution in [3.05, 3.63) is 0 Å². The van der Waals surface area contributed by atoms with Crippen molar-refractivity contribution in [3.63, 3.8) is 0 Å². The average molecular weight is 170 g/mol. The largest absolute Gasteiger partial charge is 0.327 e. The van der Waals surface area contributed by atoms with Gasteiger partial charge in [0.1, 0.15) is 0 Å². The van der Waals surface area contributed by atoms with Gasteiger partial charge in [-0.1, -0.05) is 6.92 Å². The normalized spacial score (nSPS) is 35.0. The minimum absolute atomic E-state index is 0.412. The Balaban J connectivity index is 2.48. The molecule has 0 amide bonds. The number of nitrogens with zero attached hydrogens (tertiary/aromatic N) is 1. The van der Waals surface area contributed by atoms with E-state index in [1.54, 1.807) is 0 Å². The maximum Gasteiger partial charge on any atom is 0.0168 e. The van der Waals surface area contributed by atoms with Gasteiger partial charge in [-0.2, -0.15) is 0 Å². The summed E-state index contributed by atoms with van der Waals surface area (Å²) >= 11 is 0. The smallest absolute Gasteiger partial charge is 0.0168 e. The first-order valence-corrected chi connectivity index (χ1v) is 5.16. The number of piperidine rings is 1. The van der Waals surface area contributed by atoms with Crippen molar-refractivity contribution in [2.75, 3.05) is 6.54 Å². The van der Waals surface area contributed by atoms with Gasteiger partial charge in [0.15, 0.2) is 0 Å². The van der Waals surface area contributed by atoms with Crippen LogP contribution in [0.25, 0.3) is 0 Å². The third kappa shape index (κ3) is 2.20. The summed E-state index contributed by atoms with van der Waals surface area (Å²) in [5.41, 5.74) is 5.94. The van der Waals surface area contributed by atoms with Crippen molar-refractivity contribution >= 4 is 0 Å². The second-order valence-electron chi connectivity index (χ2n) is 4.14. The SMILES string of the molecule is CCC(C)N1CC(N)CCC1C. The van der Waals surface area contributed by atoms with Gasteiger partial charge in [-0.15, -0.1) is 0 Å². The zero-order valence-electron chi connectivity index (χ0n) is 8.59. The molecule has 2 nitrogen and oxygen atoms in total. The van der Waals surface area contributed by atoms with E-state index in [-0.39, 0.29) is 0 Å². The Bertz CT molecular complexity index is 132. The average Bonchev–Trinajstić information content (AvgIpc) is 2.08. The molecule has 1 aliphatic rings. The first-order valence-electron chi connectivity index (χ1n) is 5.16. The zero-order valence-corrected chi connectivity index (χ0v) is 8.59. The highest BCUT2D eigenvalue weighted by Crippen LogP contribution is 2.19. The Kier molecular flexibility index (Phi) is 3.53. The van der Waals surface area contributed by atoms with E-state index in [1.165, 1.54) is 19.3 Å². The van der Waals surface area contributed by atoms with Crippen LogP contribution in [0.15, 0.2) is 0 Å². The molecule has 0 radical (unpaired) electrons. The second kappa shape index (κ2) is 4.24. The molecule has 12 heavy (non-hydrogen) atoms. The van der Waals surface area contributed by atoms with Crippen molar-refractivity contribution in [2.45, 2.75) is 58.2 Å². The quantitative estimate of drug-likeness (QED) is 0.682. The van der Waals surface area contributed by atoms with E-state index < -0.39 is 0 Å². The Labute approximate surface area is 76.1 Å². The number of hydrogen-bond acceptors (Lipinski definition) is 2. The van der Waals surface area contributed by atoms with Gasteiger partial charge in [-0.25, -0.2) is 0 Å². The summed E-state index contributed by atoms with van der Waals surface area (Å²) in [6, 6.07) is 1.85. The molecule has 0 saturated carbocycles. The van der Waals surface area contributed by atoms with Crippen LogP contribution in [0.1, 0.15) is 40.0 Å². The standard InChI is InChI=1S/C10H22N2/c1-4-8(2)12-7-10(11)6-5-9(12)3/h8-10H,4-7,11H2,1-3H3. The molecule has 0 aliphatic carbocycles. The summed E-state index contributed by atoms with van der Waals surface area (Å²) in [6.07, 6.45) is 3.71. The van der Waals surface area contributed by atoms with Crippen LogP contribution in [0.4, 0.5) is 0 Å². The topological polar surface area (TPSA) is 29.3 Å². The lowest BCUT2D eigenvalue weighted by atomic mass is 9.97. The van der Waals surface area contributed by atoms with Gasteiger partial charge in [-0.05, 0) is 33.1 Å². The van der Waals surface area contributed by atoms with Gasteiger partial charge in [0.05, 0.1) is 0 Å². The van der Waals surface area contributed by atoms with E-state index in [2.05, 4.69) is 25.7 Å². The summed E-state index contributed by atoms with van der Waals surface area (Å²) in [5, 5.41) is 0. The molecule has 1 aliphatic heterocycles. The highest BCUT2D eigenvalue weighted by molar-refractivity contribution is 4.83. The van der Waals surface area contributed by atoms with Crippen LogP contribution in [0.3, 0.4) is 0 Å². The van der Waals surface area contributed by atoms with Crippen molar-refractivity contribution in [1.29, 1.82) is 0 Å². The monoisotopic (exact) mass is 170 g/mol. The number of hydrogen-bond donors (Lipinski definition) is 1. The Hall–Kier alpha value is -0.0800. The third-order valence-corrected chi connectivity index (χ3v) is 3.12. The number of rotatable bonds is 2. The minimum atomic E-state index is 0.412. The van der Waals surface area contributed by atoms with E-state index in [0.717, 1.165) is 12.6 Å². The molecule has 3 unspecified atom stereocenters. The molecule has 1 heterocycles. The number of likely N-dealkylation sites (tertiary alicyclic amines) is 1. The highest BCUT2D eigenvalue weighted by atomic mass is 15.2. The Morgan fingerprint density at radius 1 is 1.50 bits per heavy atom. The lowest BCUT2D eigenvalue weighted by molar-refractivity contribution is 0.0998. The predicted octanol–water partition coefficient (Wildman–Crippen LogP) is 1.60. The first kappa shape index (κ1) is 10.0. The molecule has 0 aromatic heterocycles. The summed E-state index contributed by atoms with van der Waals surface area (Å²) < 4.78 is 0. The molecule has 0 bridgehead atoms. The van der Waals surface area contributed by atoms with Crippen LogP contribution in [0.2, 0.25) is 0 Å². The lowest BCUT2D eigenvalue weighted by Gasteiger charge is -2.40. The molecule has 2 heteroatoms. The molecule has 2 N–H and O–H groups in total. The predicted molar refractivity (Wildman–Crippen MR) is 53.1 cm³/mol. The summed E-state index contributed by atoms with van der Waals surface area (Å²) in [7, 11) is 0. The Morgan fingerprint density at radius 3 is 2.75 bits per heavy atom. The highest BCUT2D eigenvalue weighted by Gasteiger charge is 2.25. The molecule has 1 saturated heterocycles. The number of nitrogens with two attached hydrogens (primary N) is 1. The van der Waals surface area contributed by atoms with E-state index in [4.69, 9.17) is 5.73 Å². The molecule has 0 aromatic carbocycles. The van der Waals surface area contributed by atoms with Gasteiger partial charge in [0.2, 0.25) is 0 Å². The fraction of sp³-hybridized carbons (Fsp3) is 1.00. The molecular weight excluding hydrogens is 148 g/mol. The molecule has 1 fully saturated rings. The molecular formula is C10H22N2. The molecule has 3 atom stereocenters. The van der Waals surface area contributed by atoms with E-state index >= 15 is 0 Å². The van der Waals surface area contributed by atoms with Crippen LogP contribution in [-0.4, -0.2) is 29.6 Å². The lowest BCUT2D eigenvalue weighted by Crippen LogP contribution is -2.50. The van der Waals surface area contributed by atoms with Gasteiger partial charge >= 0.3 is 0 Å². The Morgan fingerprint density at radius 2 is 2.17 bits per heavy atom. The van der Waals surface area contributed by atoms with Crippen molar-refractivity contribution in [1.82, 2.24) is 4.90 Å². The maximum atomic E-state index is 5.94. The maximum absolute atomic E-state index is 5.94. The molecule has 0 aromatic rings. The first-order chi connectivity index (χ1) is 5.65. The van der Waals surface area contributed by atoms with E-state index in [9.17, 15) is 0 Å². The van der Waals surface area contributed by atoms with Crippen molar-refractivity contribution in [3.8, 4) is 0 Å². The minimum Gasteiger partial charge on any atom is -0.327 e. The third-order valence-electron chi connectivity index (χ3n) is 3.12. The van der Waals surface area contributed by atoms with Gasteiger partial charge in [0, 0.05) is 24.7 Å². The summed E-state index contributed by atoms with van der Waals surface area (Å²) in [4.78, 5) is 2.55. The molecule has 0 spiro atoms. The van der Waals surface area contributed by atoms with Crippen LogP contribution >= 0.6 is 0 Å². The van der Waals surface area contributed by atoms with Gasteiger partial charge in [0.25, 0.3) is 0 Å². The van der Waals surface area contributed by atoms with Gasteiger partial charge in [-0.3, -0.25) is 4.90 Å². The fourth-order valence-electron chi connectivity index (χ4n) is 2.01. The van der Waals surface area contributed by atoms with Crippen LogP contribution in [0, 0.1) is 0 Å². The molecule has 72 valence electrons. The van der Waals surface area contributed by atoms with Crippen LogP contribution in [-0.2, 0) is 0 Å². The van der Waals surface area contributed by atoms with E-state index in [0.29, 0.717) is 12.1 Å². The summed E-state index contributed by atoms with van der Waals surface area (Å²) in [5.74, 6) is 0. The zero-order chi connectivity index (χ0) is 9.14. The van der Waals surface area contributed by atoms with E-state index in [1.807, 2.05) is 0 Å². The molecule has 1 rings (SSSR count). The van der Waals surface area contributed by atoms with Crippen molar-refractivity contribution < 1.29 is 0 Å². The summed E-state index contributed by atoms with van der Waals surface area (Å²) in [6.45, 7) is 7.96. The second-order valence-corrected chi connectivity index (χ2v) is 4.14. The fourth-order valence-corrected chi connectivity index (χ4v) is 2.01. The van der Waals surface area contributed by atoms with Crippen LogP contribution < -0.4 is 5.73 Å². The van der Waals surface area contributed by atoms with Crippen LogP contribution in [0.5, 0.6) is 0 Å². The van der Waals surface area contributed by atoms with Crippen molar-refractivity contribution in [2.24, 2.45) is 5.73 Å². The van der Waals surface area contributed by atoms with Gasteiger partial charge < -0.3 is 5.73 Å².